The van der Waals surface area contributed by atoms with Gasteiger partial charge in [0.15, 0.2) is 0 Å². The molecule has 1 saturated carbocycles. The van der Waals surface area contributed by atoms with E-state index in [9.17, 15) is 0 Å². The Labute approximate surface area is 113 Å². The molecule has 18 heavy (non-hydrogen) atoms. The Bertz CT molecular complexity index is 223. The van der Waals surface area contributed by atoms with Crippen LogP contribution in [0.25, 0.3) is 0 Å². The topological polar surface area (TPSA) is 21.3 Å². The number of hydrogen-bond donors (Lipinski definition) is 1. The first-order valence-corrected chi connectivity index (χ1v) is 8.07. The van der Waals surface area contributed by atoms with Crippen LogP contribution in [-0.4, -0.2) is 25.8 Å². The molecule has 2 fully saturated rings. The average molecular weight is 253 g/mol. The summed E-state index contributed by atoms with van der Waals surface area (Å²) in [7, 11) is 0. The van der Waals surface area contributed by atoms with E-state index in [1.165, 1.54) is 51.5 Å². The third-order valence-corrected chi connectivity index (χ3v) is 4.97. The Kier molecular flexibility index (Phi) is 5.97. The van der Waals surface area contributed by atoms with Gasteiger partial charge in [-0.15, -0.1) is 0 Å². The number of ether oxygens (including phenoxy) is 1. The summed E-state index contributed by atoms with van der Waals surface area (Å²) in [5, 5.41) is 3.79. The number of nitrogens with one attached hydrogen (secondary N) is 1. The summed E-state index contributed by atoms with van der Waals surface area (Å²) in [4.78, 5) is 0. The molecule has 106 valence electrons. The minimum absolute atomic E-state index is 0.788. The molecule has 0 spiro atoms. The predicted molar refractivity (Wildman–Crippen MR) is 76.7 cm³/mol. The number of rotatable bonds is 5. The minimum atomic E-state index is 0.788. The lowest BCUT2D eigenvalue weighted by molar-refractivity contribution is 0.184. The van der Waals surface area contributed by atoms with E-state index in [0.29, 0.717) is 0 Å². The van der Waals surface area contributed by atoms with Gasteiger partial charge < -0.3 is 10.1 Å². The van der Waals surface area contributed by atoms with Crippen molar-refractivity contribution in [3.05, 3.63) is 0 Å². The quantitative estimate of drug-likeness (QED) is 0.756. The van der Waals surface area contributed by atoms with Crippen LogP contribution in [0.2, 0.25) is 0 Å². The Hall–Kier alpha value is -0.0800. The molecule has 2 rings (SSSR count). The first kappa shape index (κ1) is 14.3. The van der Waals surface area contributed by atoms with Gasteiger partial charge in [0.25, 0.3) is 0 Å². The van der Waals surface area contributed by atoms with Crippen molar-refractivity contribution in [3.63, 3.8) is 0 Å². The standard InChI is InChI=1S/C16H31NO/c1-13(2)15-4-3-5-16(7-6-15)17-10-8-14-9-11-18-12-14/h13-17H,3-12H2,1-2H3. The zero-order valence-electron chi connectivity index (χ0n) is 12.3. The summed E-state index contributed by atoms with van der Waals surface area (Å²) in [5.74, 6) is 2.67. The van der Waals surface area contributed by atoms with Gasteiger partial charge in [0.05, 0.1) is 0 Å². The van der Waals surface area contributed by atoms with Gasteiger partial charge >= 0.3 is 0 Å². The summed E-state index contributed by atoms with van der Waals surface area (Å²) in [6.07, 6.45) is 9.68. The highest BCUT2D eigenvalue weighted by Crippen LogP contribution is 2.28. The van der Waals surface area contributed by atoms with Crippen molar-refractivity contribution in [2.45, 2.75) is 64.8 Å². The molecule has 1 aliphatic carbocycles. The molecule has 2 heteroatoms. The molecule has 1 heterocycles. The lowest BCUT2D eigenvalue weighted by atomic mass is 9.89. The van der Waals surface area contributed by atoms with Crippen molar-refractivity contribution in [3.8, 4) is 0 Å². The van der Waals surface area contributed by atoms with E-state index >= 15 is 0 Å². The van der Waals surface area contributed by atoms with E-state index < -0.39 is 0 Å². The van der Waals surface area contributed by atoms with Crippen LogP contribution in [0.5, 0.6) is 0 Å². The summed E-state index contributed by atoms with van der Waals surface area (Å²) in [6, 6.07) is 0.788. The molecule has 1 N–H and O–H groups in total. The lowest BCUT2D eigenvalue weighted by Gasteiger charge is -2.19. The maximum absolute atomic E-state index is 5.43. The summed E-state index contributed by atoms with van der Waals surface area (Å²) < 4.78 is 5.43. The SMILES string of the molecule is CC(C)C1CCCC(NCCC2CCOC2)CC1. The Morgan fingerprint density at radius 1 is 1.11 bits per heavy atom. The molecule has 0 amide bonds. The molecule has 3 atom stereocenters. The molecule has 1 saturated heterocycles. The minimum Gasteiger partial charge on any atom is -0.381 e. The molecule has 2 aliphatic rings. The Morgan fingerprint density at radius 3 is 2.72 bits per heavy atom. The normalized spacial score (nSPS) is 33.8. The zero-order valence-corrected chi connectivity index (χ0v) is 12.3. The van der Waals surface area contributed by atoms with Crippen molar-refractivity contribution in [2.24, 2.45) is 17.8 Å². The van der Waals surface area contributed by atoms with Crippen LogP contribution in [0.15, 0.2) is 0 Å². The van der Waals surface area contributed by atoms with Gasteiger partial charge in [0, 0.05) is 19.3 Å². The molecule has 2 nitrogen and oxygen atoms in total. The largest absolute Gasteiger partial charge is 0.381 e. The van der Waals surface area contributed by atoms with Crippen LogP contribution in [0.3, 0.4) is 0 Å². The molecule has 0 aromatic rings. The molecule has 0 radical (unpaired) electrons. The fourth-order valence-corrected chi connectivity index (χ4v) is 3.50. The van der Waals surface area contributed by atoms with Crippen molar-refractivity contribution >= 4 is 0 Å². The second kappa shape index (κ2) is 7.49. The van der Waals surface area contributed by atoms with Crippen LogP contribution in [0.1, 0.15) is 58.8 Å². The first-order chi connectivity index (χ1) is 8.75. The molecular weight excluding hydrogens is 222 g/mol. The third kappa shape index (κ3) is 4.55. The zero-order chi connectivity index (χ0) is 12.8. The molecule has 0 aromatic carbocycles. The van der Waals surface area contributed by atoms with E-state index in [1.54, 1.807) is 0 Å². The maximum Gasteiger partial charge on any atom is 0.0495 e. The van der Waals surface area contributed by atoms with Crippen molar-refractivity contribution in [2.75, 3.05) is 19.8 Å². The van der Waals surface area contributed by atoms with Gasteiger partial charge in [-0.05, 0) is 56.4 Å². The molecular formula is C16H31NO. The molecule has 0 bridgehead atoms. The number of hydrogen-bond acceptors (Lipinski definition) is 2. The van der Waals surface area contributed by atoms with Crippen molar-refractivity contribution < 1.29 is 4.74 Å². The average Bonchev–Trinajstić information content (AvgIpc) is 2.73. The van der Waals surface area contributed by atoms with Crippen LogP contribution in [-0.2, 0) is 4.74 Å². The Morgan fingerprint density at radius 2 is 2.00 bits per heavy atom. The van der Waals surface area contributed by atoms with Crippen LogP contribution in [0, 0.1) is 17.8 Å². The van der Waals surface area contributed by atoms with Gasteiger partial charge in [0.1, 0.15) is 0 Å². The van der Waals surface area contributed by atoms with Crippen LogP contribution < -0.4 is 5.32 Å². The smallest absolute Gasteiger partial charge is 0.0495 e. The van der Waals surface area contributed by atoms with Gasteiger partial charge in [-0.25, -0.2) is 0 Å². The predicted octanol–water partition coefficient (Wildman–Crippen LogP) is 3.61. The van der Waals surface area contributed by atoms with E-state index in [4.69, 9.17) is 4.74 Å². The summed E-state index contributed by atoms with van der Waals surface area (Å²) >= 11 is 0. The summed E-state index contributed by atoms with van der Waals surface area (Å²) in [5.41, 5.74) is 0. The summed E-state index contributed by atoms with van der Waals surface area (Å²) in [6.45, 7) is 7.97. The van der Waals surface area contributed by atoms with Crippen molar-refractivity contribution in [1.82, 2.24) is 5.32 Å². The van der Waals surface area contributed by atoms with Gasteiger partial charge in [0.2, 0.25) is 0 Å². The van der Waals surface area contributed by atoms with Crippen molar-refractivity contribution in [1.29, 1.82) is 0 Å². The second-order valence-electron chi connectivity index (χ2n) is 6.68. The Balaban J connectivity index is 1.61. The van der Waals surface area contributed by atoms with Crippen LogP contribution >= 0.6 is 0 Å². The fraction of sp³-hybridized carbons (Fsp3) is 1.00. The highest BCUT2D eigenvalue weighted by molar-refractivity contribution is 4.77. The van der Waals surface area contributed by atoms with E-state index in [1.807, 2.05) is 0 Å². The molecule has 0 aromatic heterocycles. The molecule has 3 unspecified atom stereocenters. The monoisotopic (exact) mass is 253 g/mol. The van der Waals surface area contributed by atoms with E-state index in [2.05, 4.69) is 19.2 Å². The second-order valence-corrected chi connectivity index (χ2v) is 6.68. The van der Waals surface area contributed by atoms with E-state index in [0.717, 1.165) is 37.0 Å². The highest BCUT2D eigenvalue weighted by Gasteiger charge is 2.21. The van der Waals surface area contributed by atoms with Gasteiger partial charge in [-0.2, -0.15) is 0 Å². The van der Waals surface area contributed by atoms with Gasteiger partial charge in [-0.3, -0.25) is 0 Å². The first-order valence-electron chi connectivity index (χ1n) is 8.07. The maximum atomic E-state index is 5.43. The highest BCUT2D eigenvalue weighted by atomic mass is 16.5. The lowest BCUT2D eigenvalue weighted by Crippen LogP contribution is -2.30. The third-order valence-electron chi connectivity index (χ3n) is 4.97. The fourth-order valence-electron chi connectivity index (χ4n) is 3.50. The van der Waals surface area contributed by atoms with Gasteiger partial charge in [-0.1, -0.05) is 26.7 Å². The van der Waals surface area contributed by atoms with Crippen LogP contribution in [0.4, 0.5) is 0 Å². The molecule has 1 aliphatic heterocycles. The van der Waals surface area contributed by atoms with E-state index in [-0.39, 0.29) is 0 Å².